The molecule has 0 spiro atoms. The lowest BCUT2D eigenvalue weighted by Gasteiger charge is -2.05. The van der Waals surface area contributed by atoms with Gasteiger partial charge in [-0.3, -0.25) is 4.79 Å². The molecule has 0 atom stereocenters. The summed E-state index contributed by atoms with van der Waals surface area (Å²) in [5.74, 6) is -0.919. The van der Waals surface area contributed by atoms with Crippen molar-refractivity contribution in [1.29, 1.82) is 0 Å². The van der Waals surface area contributed by atoms with E-state index < -0.39 is 11.7 Å². The van der Waals surface area contributed by atoms with E-state index in [1.807, 2.05) is 19.1 Å². The molecule has 0 bridgehead atoms. The minimum absolute atomic E-state index is 0.0534. The molecule has 1 N–H and O–H groups in total. The van der Waals surface area contributed by atoms with Crippen molar-refractivity contribution in [3.8, 4) is 0 Å². The summed E-state index contributed by atoms with van der Waals surface area (Å²) in [5, 5.41) is 2.71. The molecule has 0 aliphatic heterocycles. The third-order valence-corrected chi connectivity index (χ3v) is 3.89. The van der Waals surface area contributed by atoms with Crippen LogP contribution >= 0.6 is 27.3 Å². The molecule has 5 heteroatoms. The highest BCUT2D eigenvalue weighted by molar-refractivity contribution is 9.10. The van der Waals surface area contributed by atoms with Gasteiger partial charge in [-0.2, -0.15) is 0 Å². The van der Waals surface area contributed by atoms with Crippen LogP contribution in [-0.4, -0.2) is 5.91 Å². The number of benzene rings is 1. The predicted octanol–water partition coefficient (Wildman–Crippen LogP) is 3.89. The molecule has 0 radical (unpaired) electrons. The highest BCUT2D eigenvalue weighted by Crippen LogP contribution is 2.17. The second-order valence-corrected chi connectivity index (χ2v) is 6.11. The van der Waals surface area contributed by atoms with Crippen LogP contribution in [0.2, 0.25) is 0 Å². The van der Waals surface area contributed by atoms with E-state index in [9.17, 15) is 9.18 Å². The van der Waals surface area contributed by atoms with Gasteiger partial charge in [-0.1, -0.05) is 15.9 Å². The fourth-order valence-corrected chi connectivity index (χ4v) is 2.71. The van der Waals surface area contributed by atoms with Crippen LogP contribution < -0.4 is 5.32 Å². The largest absolute Gasteiger partial charge is 0.347 e. The van der Waals surface area contributed by atoms with Crippen LogP contribution in [0.15, 0.2) is 34.8 Å². The molecule has 0 unspecified atom stereocenters. The van der Waals surface area contributed by atoms with E-state index in [0.29, 0.717) is 11.0 Å². The first-order valence-electron chi connectivity index (χ1n) is 5.35. The molecule has 1 heterocycles. The van der Waals surface area contributed by atoms with Crippen molar-refractivity contribution in [2.45, 2.75) is 13.5 Å². The Labute approximate surface area is 117 Å². The highest BCUT2D eigenvalue weighted by atomic mass is 79.9. The van der Waals surface area contributed by atoms with E-state index in [0.717, 1.165) is 4.88 Å². The van der Waals surface area contributed by atoms with E-state index in [-0.39, 0.29) is 5.56 Å². The number of carbonyl (C=O) groups excluding carboxylic acids is 1. The van der Waals surface area contributed by atoms with Crippen molar-refractivity contribution in [2.75, 3.05) is 0 Å². The maximum atomic E-state index is 13.5. The fourth-order valence-electron chi connectivity index (χ4n) is 1.51. The minimum Gasteiger partial charge on any atom is -0.347 e. The summed E-state index contributed by atoms with van der Waals surface area (Å²) in [6.45, 7) is 2.42. The predicted molar refractivity (Wildman–Crippen MR) is 74.3 cm³/mol. The Balaban J connectivity index is 2.05. The molecule has 18 heavy (non-hydrogen) atoms. The van der Waals surface area contributed by atoms with Crippen LogP contribution in [0.1, 0.15) is 20.1 Å². The number of aryl methyl sites for hydroxylation is 1. The van der Waals surface area contributed by atoms with Gasteiger partial charge in [-0.15, -0.1) is 11.3 Å². The number of halogens is 2. The van der Waals surface area contributed by atoms with Gasteiger partial charge in [0.05, 0.1) is 12.1 Å². The Bertz CT molecular complexity index is 582. The van der Waals surface area contributed by atoms with E-state index in [1.165, 1.54) is 17.0 Å². The summed E-state index contributed by atoms with van der Waals surface area (Å²) >= 11 is 4.83. The van der Waals surface area contributed by atoms with Crippen LogP contribution in [0, 0.1) is 12.7 Å². The van der Waals surface area contributed by atoms with Gasteiger partial charge in [0.15, 0.2) is 0 Å². The summed E-state index contributed by atoms with van der Waals surface area (Å²) in [6, 6.07) is 8.26. The van der Waals surface area contributed by atoms with E-state index in [4.69, 9.17) is 0 Å². The molecule has 2 nitrogen and oxygen atoms in total. The van der Waals surface area contributed by atoms with Gasteiger partial charge in [0, 0.05) is 14.2 Å². The van der Waals surface area contributed by atoms with Gasteiger partial charge < -0.3 is 5.32 Å². The Kier molecular flexibility index (Phi) is 4.14. The van der Waals surface area contributed by atoms with Gasteiger partial charge in [0.25, 0.3) is 5.91 Å². The first-order chi connectivity index (χ1) is 8.56. The molecule has 0 saturated carbocycles. The van der Waals surface area contributed by atoms with Crippen molar-refractivity contribution in [3.05, 3.63) is 55.9 Å². The van der Waals surface area contributed by atoms with Crippen molar-refractivity contribution < 1.29 is 9.18 Å². The van der Waals surface area contributed by atoms with Gasteiger partial charge in [-0.05, 0) is 37.3 Å². The lowest BCUT2D eigenvalue weighted by molar-refractivity contribution is 0.0947. The third-order valence-electron chi connectivity index (χ3n) is 2.39. The first-order valence-corrected chi connectivity index (χ1v) is 6.96. The molecule has 0 aliphatic rings. The van der Waals surface area contributed by atoms with Crippen molar-refractivity contribution in [2.24, 2.45) is 0 Å². The smallest absolute Gasteiger partial charge is 0.254 e. The second-order valence-electron chi connectivity index (χ2n) is 3.82. The zero-order valence-electron chi connectivity index (χ0n) is 9.67. The highest BCUT2D eigenvalue weighted by Gasteiger charge is 2.11. The summed E-state index contributed by atoms with van der Waals surface area (Å²) in [7, 11) is 0. The molecule has 1 aromatic heterocycles. The molecular formula is C13H11BrFNOS. The number of nitrogens with one attached hydrogen (secondary N) is 1. The second kappa shape index (κ2) is 5.63. The normalized spacial score (nSPS) is 10.4. The van der Waals surface area contributed by atoms with Gasteiger partial charge in [-0.25, -0.2) is 4.39 Å². The van der Waals surface area contributed by atoms with Crippen molar-refractivity contribution in [3.63, 3.8) is 0 Å². The van der Waals surface area contributed by atoms with Gasteiger partial charge >= 0.3 is 0 Å². The van der Waals surface area contributed by atoms with Crippen molar-refractivity contribution in [1.82, 2.24) is 5.32 Å². The lowest BCUT2D eigenvalue weighted by Crippen LogP contribution is -2.23. The van der Waals surface area contributed by atoms with Gasteiger partial charge in [0.2, 0.25) is 0 Å². The SMILES string of the molecule is Cc1ccc(CNC(=O)c2cc(Br)ccc2F)s1. The average molecular weight is 328 g/mol. The Morgan fingerprint density at radius 2 is 2.17 bits per heavy atom. The summed E-state index contributed by atoms with van der Waals surface area (Å²) in [6.07, 6.45) is 0. The Morgan fingerprint density at radius 3 is 2.83 bits per heavy atom. The van der Waals surface area contributed by atoms with Crippen LogP contribution in [0.5, 0.6) is 0 Å². The van der Waals surface area contributed by atoms with Crippen LogP contribution in [0.4, 0.5) is 4.39 Å². The number of hydrogen-bond acceptors (Lipinski definition) is 2. The topological polar surface area (TPSA) is 29.1 Å². The molecule has 0 aliphatic carbocycles. The number of thiophene rings is 1. The summed E-state index contributed by atoms with van der Waals surface area (Å²) < 4.78 is 14.2. The molecule has 1 amide bonds. The number of rotatable bonds is 3. The third kappa shape index (κ3) is 3.17. The quantitative estimate of drug-likeness (QED) is 0.910. The summed E-state index contributed by atoms with van der Waals surface area (Å²) in [5.41, 5.74) is 0.0534. The van der Waals surface area contributed by atoms with E-state index >= 15 is 0 Å². The van der Waals surface area contributed by atoms with Crippen LogP contribution in [0.25, 0.3) is 0 Å². The maximum absolute atomic E-state index is 13.5. The molecular weight excluding hydrogens is 317 g/mol. The number of amides is 1. The first kappa shape index (κ1) is 13.2. The Morgan fingerprint density at radius 1 is 1.39 bits per heavy atom. The zero-order chi connectivity index (χ0) is 13.1. The zero-order valence-corrected chi connectivity index (χ0v) is 12.1. The van der Waals surface area contributed by atoms with Crippen LogP contribution in [0.3, 0.4) is 0 Å². The Hall–Kier alpha value is -1.20. The molecule has 2 aromatic rings. The number of hydrogen-bond donors (Lipinski definition) is 1. The molecule has 1 aromatic carbocycles. The molecule has 0 saturated heterocycles. The monoisotopic (exact) mass is 327 g/mol. The maximum Gasteiger partial charge on any atom is 0.254 e. The van der Waals surface area contributed by atoms with Gasteiger partial charge in [0.1, 0.15) is 5.82 Å². The average Bonchev–Trinajstić information content (AvgIpc) is 2.75. The molecule has 94 valence electrons. The minimum atomic E-state index is -0.516. The summed E-state index contributed by atoms with van der Waals surface area (Å²) in [4.78, 5) is 14.1. The van der Waals surface area contributed by atoms with E-state index in [1.54, 1.807) is 17.4 Å². The fraction of sp³-hybridized carbons (Fsp3) is 0.154. The molecule has 2 rings (SSSR count). The molecule has 0 fully saturated rings. The van der Waals surface area contributed by atoms with Crippen molar-refractivity contribution >= 4 is 33.2 Å². The lowest BCUT2D eigenvalue weighted by atomic mass is 10.2. The van der Waals surface area contributed by atoms with E-state index in [2.05, 4.69) is 21.2 Å². The van der Waals surface area contributed by atoms with Crippen LogP contribution in [-0.2, 0) is 6.54 Å². The number of carbonyl (C=O) groups is 1. The standard InChI is InChI=1S/C13H11BrFNOS/c1-8-2-4-10(18-8)7-16-13(17)11-6-9(14)3-5-12(11)15/h2-6H,7H2,1H3,(H,16,17).